The van der Waals surface area contributed by atoms with E-state index in [-0.39, 0.29) is 12.7 Å². The number of hydrogen-bond donors (Lipinski definition) is 3. The van der Waals surface area contributed by atoms with Crippen molar-refractivity contribution in [1.82, 2.24) is 20.3 Å². The van der Waals surface area contributed by atoms with Gasteiger partial charge >= 0.3 is 0 Å². The van der Waals surface area contributed by atoms with Gasteiger partial charge in [-0.1, -0.05) is 29.5 Å². The maximum absolute atomic E-state index is 12.7. The summed E-state index contributed by atoms with van der Waals surface area (Å²) in [5.41, 5.74) is 4.35. The van der Waals surface area contributed by atoms with Gasteiger partial charge in [-0.3, -0.25) is 4.79 Å². The molecule has 33 heavy (non-hydrogen) atoms. The van der Waals surface area contributed by atoms with E-state index in [0.717, 1.165) is 49.3 Å². The highest BCUT2D eigenvalue weighted by Gasteiger charge is 2.14. The SMILES string of the molecule is O=C(NCc1nc2ccccc2[nH]1)c1ccc2nc(NCc3ccc4c(c3)OCO4)sc2c1. The van der Waals surface area contributed by atoms with E-state index >= 15 is 0 Å². The minimum Gasteiger partial charge on any atom is -0.454 e. The van der Waals surface area contributed by atoms with Crippen LogP contribution in [0.25, 0.3) is 21.3 Å². The molecule has 3 aromatic carbocycles. The predicted molar refractivity (Wildman–Crippen MR) is 127 cm³/mol. The zero-order chi connectivity index (χ0) is 22.2. The van der Waals surface area contributed by atoms with Crippen LogP contribution < -0.4 is 20.1 Å². The number of carbonyl (C=O) groups excluding carboxylic acids is 1. The fourth-order valence-electron chi connectivity index (χ4n) is 3.73. The van der Waals surface area contributed by atoms with Crippen LogP contribution in [0.5, 0.6) is 11.5 Å². The topological polar surface area (TPSA) is 101 Å². The summed E-state index contributed by atoms with van der Waals surface area (Å²) in [4.78, 5) is 25.0. The van der Waals surface area contributed by atoms with Crippen molar-refractivity contribution in [2.75, 3.05) is 12.1 Å². The minimum absolute atomic E-state index is 0.152. The van der Waals surface area contributed by atoms with Crippen LogP contribution in [-0.4, -0.2) is 27.7 Å². The molecule has 2 aromatic heterocycles. The molecule has 0 fully saturated rings. The smallest absolute Gasteiger partial charge is 0.251 e. The lowest BCUT2D eigenvalue weighted by Crippen LogP contribution is -2.23. The summed E-state index contributed by atoms with van der Waals surface area (Å²) < 4.78 is 11.7. The number of thiazole rings is 1. The Balaban J connectivity index is 1.12. The molecule has 0 aliphatic carbocycles. The number of fused-ring (bicyclic) bond motifs is 3. The van der Waals surface area contributed by atoms with Crippen molar-refractivity contribution >= 4 is 43.6 Å². The van der Waals surface area contributed by atoms with Gasteiger partial charge in [0.25, 0.3) is 5.91 Å². The molecule has 0 atom stereocenters. The first kappa shape index (κ1) is 19.6. The zero-order valence-electron chi connectivity index (χ0n) is 17.4. The van der Waals surface area contributed by atoms with Crippen molar-refractivity contribution in [3.05, 3.63) is 77.6 Å². The molecule has 3 N–H and O–H groups in total. The van der Waals surface area contributed by atoms with Crippen molar-refractivity contribution in [2.45, 2.75) is 13.1 Å². The van der Waals surface area contributed by atoms with Crippen LogP contribution >= 0.6 is 11.3 Å². The van der Waals surface area contributed by atoms with Crippen molar-refractivity contribution in [2.24, 2.45) is 0 Å². The van der Waals surface area contributed by atoms with Crippen LogP contribution in [0, 0.1) is 0 Å². The number of nitrogens with zero attached hydrogens (tertiary/aromatic N) is 2. The highest BCUT2D eigenvalue weighted by Crippen LogP contribution is 2.33. The molecule has 0 spiro atoms. The van der Waals surface area contributed by atoms with Crippen molar-refractivity contribution in [3.8, 4) is 11.5 Å². The van der Waals surface area contributed by atoms with E-state index in [2.05, 4.69) is 25.6 Å². The molecule has 1 amide bonds. The summed E-state index contributed by atoms with van der Waals surface area (Å²) in [5.74, 6) is 2.10. The van der Waals surface area contributed by atoms with Crippen molar-refractivity contribution < 1.29 is 14.3 Å². The third-order valence-corrected chi connectivity index (χ3v) is 6.36. The molecule has 1 aliphatic rings. The number of hydrogen-bond acceptors (Lipinski definition) is 7. The van der Waals surface area contributed by atoms with Crippen LogP contribution in [0.4, 0.5) is 5.13 Å². The van der Waals surface area contributed by atoms with Crippen molar-refractivity contribution in [1.29, 1.82) is 0 Å². The molecule has 164 valence electrons. The summed E-state index contributed by atoms with van der Waals surface area (Å²) in [6, 6.07) is 19.2. The Labute approximate surface area is 192 Å². The van der Waals surface area contributed by atoms with E-state index in [4.69, 9.17) is 9.47 Å². The monoisotopic (exact) mass is 457 g/mol. The second-order valence-electron chi connectivity index (χ2n) is 7.63. The van der Waals surface area contributed by atoms with Gasteiger partial charge in [0.1, 0.15) is 5.82 Å². The van der Waals surface area contributed by atoms with Gasteiger partial charge in [0.15, 0.2) is 16.6 Å². The van der Waals surface area contributed by atoms with Crippen LogP contribution in [0.15, 0.2) is 60.7 Å². The minimum atomic E-state index is -0.152. The Morgan fingerprint density at radius 1 is 0.970 bits per heavy atom. The normalized spacial score (nSPS) is 12.4. The van der Waals surface area contributed by atoms with Crippen molar-refractivity contribution in [3.63, 3.8) is 0 Å². The van der Waals surface area contributed by atoms with E-state index < -0.39 is 0 Å². The lowest BCUT2D eigenvalue weighted by Gasteiger charge is -2.04. The van der Waals surface area contributed by atoms with Gasteiger partial charge in [-0.2, -0.15) is 0 Å². The third kappa shape index (κ3) is 3.94. The summed E-state index contributed by atoms with van der Waals surface area (Å²) in [6.07, 6.45) is 0. The number of aromatic amines is 1. The Hall–Kier alpha value is -4.11. The maximum atomic E-state index is 12.7. The van der Waals surface area contributed by atoms with Gasteiger partial charge < -0.3 is 25.1 Å². The summed E-state index contributed by atoms with van der Waals surface area (Å²) in [5, 5.41) is 7.07. The number of para-hydroxylation sites is 2. The summed E-state index contributed by atoms with van der Waals surface area (Å²) >= 11 is 1.51. The van der Waals surface area contributed by atoms with Gasteiger partial charge in [0.2, 0.25) is 6.79 Å². The number of nitrogens with one attached hydrogen (secondary N) is 3. The molecule has 9 heteroatoms. The molecule has 5 aromatic rings. The molecule has 0 saturated carbocycles. The van der Waals surface area contributed by atoms with Gasteiger partial charge in [0.05, 0.1) is 27.8 Å². The first-order chi connectivity index (χ1) is 16.2. The lowest BCUT2D eigenvalue weighted by molar-refractivity contribution is 0.0950. The highest BCUT2D eigenvalue weighted by atomic mass is 32.1. The Morgan fingerprint density at radius 2 is 1.88 bits per heavy atom. The van der Waals surface area contributed by atoms with E-state index in [9.17, 15) is 4.79 Å². The number of imidazole rings is 1. The van der Waals surface area contributed by atoms with Crippen LogP contribution in [-0.2, 0) is 13.1 Å². The molecule has 0 radical (unpaired) electrons. The fraction of sp³-hybridized carbons (Fsp3) is 0.125. The molecule has 1 aliphatic heterocycles. The molecular formula is C24H19N5O3S. The third-order valence-electron chi connectivity index (χ3n) is 5.39. The average molecular weight is 458 g/mol. The predicted octanol–water partition coefficient (Wildman–Crippen LogP) is 4.44. The van der Waals surface area contributed by atoms with E-state index in [1.54, 1.807) is 6.07 Å². The number of carbonyl (C=O) groups is 1. The maximum Gasteiger partial charge on any atom is 0.251 e. The largest absolute Gasteiger partial charge is 0.454 e. The fourth-order valence-corrected chi connectivity index (χ4v) is 4.63. The average Bonchev–Trinajstić information content (AvgIpc) is 3.57. The Morgan fingerprint density at radius 3 is 2.82 bits per heavy atom. The van der Waals surface area contributed by atoms with Crippen LogP contribution in [0.2, 0.25) is 0 Å². The lowest BCUT2D eigenvalue weighted by atomic mass is 10.2. The molecule has 3 heterocycles. The first-order valence-electron chi connectivity index (χ1n) is 10.5. The quantitative estimate of drug-likeness (QED) is 0.348. The molecule has 6 rings (SSSR count). The van der Waals surface area contributed by atoms with Gasteiger partial charge in [-0.15, -0.1) is 0 Å². The van der Waals surface area contributed by atoms with Gasteiger partial charge in [-0.25, -0.2) is 9.97 Å². The molecule has 0 unspecified atom stereocenters. The number of anilines is 1. The van der Waals surface area contributed by atoms with E-state index in [1.807, 2.05) is 54.6 Å². The number of amides is 1. The summed E-state index contributed by atoms with van der Waals surface area (Å²) in [7, 11) is 0. The standard InChI is InChI=1S/C24H19N5O3S/c30-23(25-12-22-27-16-3-1-2-4-17(16)28-22)15-6-7-18-21(10-15)33-24(29-18)26-11-14-5-8-19-20(9-14)32-13-31-19/h1-10H,11-13H2,(H,25,30)(H,26,29)(H,27,28). The van der Waals surface area contributed by atoms with Crippen LogP contribution in [0.3, 0.4) is 0 Å². The van der Waals surface area contributed by atoms with E-state index in [0.29, 0.717) is 18.7 Å². The molecular weight excluding hydrogens is 438 g/mol. The second kappa shape index (κ2) is 8.10. The first-order valence-corrected chi connectivity index (χ1v) is 11.3. The van der Waals surface area contributed by atoms with Gasteiger partial charge in [0, 0.05) is 12.1 Å². The summed E-state index contributed by atoms with van der Waals surface area (Å²) in [6.45, 7) is 1.20. The highest BCUT2D eigenvalue weighted by molar-refractivity contribution is 7.22. The number of rotatable bonds is 6. The van der Waals surface area contributed by atoms with Crippen LogP contribution in [0.1, 0.15) is 21.7 Å². The number of H-pyrrole nitrogens is 1. The number of benzene rings is 3. The van der Waals surface area contributed by atoms with E-state index in [1.165, 1.54) is 11.3 Å². The Bertz CT molecular complexity index is 1460. The molecule has 0 saturated heterocycles. The zero-order valence-corrected chi connectivity index (χ0v) is 18.2. The molecule has 8 nitrogen and oxygen atoms in total. The second-order valence-corrected chi connectivity index (χ2v) is 8.66. The Kier molecular flexibility index (Phi) is 4.80. The molecule has 0 bridgehead atoms. The number of ether oxygens (including phenoxy) is 2. The number of aromatic nitrogens is 3. The van der Waals surface area contributed by atoms with Gasteiger partial charge in [-0.05, 0) is 48.0 Å².